The highest BCUT2D eigenvalue weighted by Gasteiger charge is 2.24. The topological polar surface area (TPSA) is 107 Å². The Labute approximate surface area is 127 Å². The highest BCUT2D eigenvalue weighted by atomic mass is 79.9. The molecule has 1 aromatic rings. The van der Waals surface area contributed by atoms with E-state index in [1.807, 2.05) is 0 Å². The van der Waals surface area contributed by atoms with Gasteiger partial charge >= 0.3 is 5.82 Å². The predicted octanol–water partition coefficient (Wildman–Crippen LogP) is 1.52. The second-order valence-corrected chi connectivity index (χ2v) is 5.16. The average molecular weight is 368 g/mol. The summed E-state index contributed by atoms with van der Waals surface area (Å²) in [5.74, 6) is -0.678. The van der Waals surface area contributed by atoms with Crippen LogP contribution in [-0.4, -0.2) is 32.4 Å². The number of carbonyl (C=O) groups excluding carboxylic acids is 2. The fourth-order valence-corrected chi connectivity index (χ4v) is 1.99. The first-order valence-corrected chi connectivity index (χ1v) is 6.82. The zero-order valence-electron chi connectivity index (χ0n) is 10.6. The lowest BCUT2D eigenvalue weighted by Gasteiger charge is -2.03. The van der Waals surface area contributed by atoms with E-state index in [0.717, 1.165) is 0 Å². The van der Waals surface area contributed by atoms with Crippen molar-refractivity contribution in [1.82, 2.24) is 15.1 Å². The number of halogens is 2. The summed E-state index contributed by atoms with van der Waals surface area (Å²) in [7, 11) is 0. The van der Waals surface area contributed by atoms with Gasteiger partial charge in [-0.15, -0.1) is 0 Å². The van der Waals surface area contributed by atoms with E-state index in [2.05, 4.69) is 26.3 Å². The Kier molecular flexibility index (Phi) is 6.08. The van der Waals surface area contributed by atoms with Gasteiger partial charge in [-0.1, -0.05) is 0 Å². The van der Waals surface area contributed by atoms with Crippen LogP contribution >= 0.6 is 27.5 Å². The van der Waals surface area contributed by atoms with Crippen molar-refractivity contribution in [3.8, 4) is 0 Å². The van der Waals surface area contributed by atoms with Crippen molar-refractivity contribution in [2.45, 2.75) is 26.3 Å². The van der Waals surface area contributed by atoms with E-state index in [-0.39, 0.29) is 29.2 Å². The zero-order valence-corrected chi connectivity index (χ0v) is 12.9. The molecule has 0 aliphatic rings. The highest BCUT2D eigenvalue weighted by Crippen LogP contribution is 2.26. The molecule has 1 rings (SSSR count). The van der Waals surface area contributed by atoms with Crippen molar-refractivity contribution in [3.63, 3.8) is 0 Å². The summed E-state index contributed by atoms with van der Waals surface area (Å²) >= 11 is 8.22. The molecule has 110 valence electrons. The normalized spacial score (nSPS) is 10.3. The van der Waals surface area contributed by atoms with Crippen molar-refractivity contribution >= 4 is 44.5 Å². The molecule has 0 fully saturated rings. The maximum Gasteiger partial charge on any atom is 0.404 e. The molecular formula is C10H12BrClN4O4. The van der Waals surface area contributed by atoms with Gasteiger partial charge in [-0.25, -0.2) is 0 Å². The van der Waals surface area contributed by atoms with Gasteiger partial charge in [-0.05, 0) is 45.8 Å². The Hall–Kier alpha value is -1.48. The van der Waals surface area contributed by atoms with Crippen LogP contribution in [0, 0.1) is 17.0 Å². The molecule has 0 atom stereocenters. The highest BCUT2D eigenvalue weighted by molar-refractivity contribution is 9.10. The molecule has 1 aromatic heterocycles. The summed E-state index contributed by atoms with van der Waals surface area (Å²) in [5.41, 5.74) is 0.489. The first-order valence-electron chi connectivity index (χ1n) is 5.65. The van der Waals surface area contributed by atoms with E-state index in [1.165, 1.54) is 4.68 Å². The molecule has 0 aliphatic carbocycles. The SMILES string of the molecule is Cc1c(Br)c([N+](=O)[O-])nn1CC(=O)NCCCC(=O)Cl. The van der Waals surface area contributed by atoms with Gasteiger partial charge in [0.05, 0.1) is 10.8 Å². The third-order valence-corrected chi connectivity index (χ3v) is 3.57. The Balaban J connectivity index is 2.56. The molecule has 0 unspecified atom stereocenters. The van der Waals surface area contributed by atoms with Crippen LogP contribution < -0.4 is 5.32 Å². The number of aromatic nitrogens is 2. The smallest absolute Gasteiger partial charge is 0.358 e. The van der Waals surface area contributed by atoms with Crippen LogP contribution in [0.15, 0.2) is 4.47 Å². The molecule has 0 aliphatic heterocycles. The van der Waals surface area contributed by atoms with Crippen molar-refractivity contribution in [1.29, 1.82) is 0 Å². The molecule has 0 saturated carbocycles. The van der Waals surface area contributed by atoms with Crippen molar-refractivity contribution in [2.24, 2.45) is 0 Å². The van der Waals surface area contributed by atoms with Gasteiger partial charge in [0.2, 0.25) is 11.1 Å². The quantitative estimate of drug-likeness (QED) is 0.340. The molecule has 8 nitrogen and oxygen atoms in total. The molecular weight excluding hydrogens is 355 g/mol. The van der Waals surface area contributed by atoms with Gasteiger partial charge in [-0.2, -0.15) is 4.68 Å². The van der Waals surface area contributed by atoms with Gasteiger partial charge in [0.1, 0.15) is 11.0 Å². The summed E-state index contributed by atoms with van der Waals surface area (Å²) in [6, 6.07) is 0. The molecule has 1 heterocycles. The number of hydrogen-bond acceptors (Lipinski definition) is 5. The van der Waals surface area contributed by atoms with Crippen LogP contribution in [0.2, 0.25) is 0 Å². The van der Waals surface area contributed by atoms with Crippen LogP contribution in [0.4, 0.5) is 5.82 Å². The molecule has 1 amide bonds. The van der Waals surface area contributed by atoms with E-state index in [0.29, 0.717) is 18.7 Å². The van der Waals surface area contributed by atoms with E-state index >= 15 is 0 Å². The fraction of sp³-hybridized carbons (Fsp3) is 0.500. The molecule has 20 heavy (non-hydrogen) atoms. The minimum atomic E-state index is -0.627. The second-order valence-electron chi connectivity index (χ2n) is 3.95. The van der Waals surface area contributed by atoms with Gasteiger partial charge < -0.3 is 15.4 Å². The fourth-order valence-electron chi connectivity index (χ4n) is 1.43. The molecule has 1 N–H and O–H groups in total. The van der Waals surface area contributed by atoms with E-state index in [1.54, 1.807) is 6.92 Å². The average Bonchev–Trinajstić information content (AvgIpc) is 2.63. The molecule has 0 saturated heterocycles. The van der Waals surface area contributed by atoms with Gasteiger partial charge in [-0.3, -0.25) is 9.59 Å². The number of amides is 1. The molecule has 0 radical (unpaired) electrons. The first-order chi connectivity index (χ1) is 9.32. The number of rotatable bonds is 7. The molecule has 10 heteroatoms. The van der Waals surface area contributed by atoms with Crippen molar-refractivity contribution < 1.29 is 14.5 Å². The van der Waals surface area contributed by atoms with Crippen LogP contribution in [-0.2, 0) is 16.1 Å². The Morgan fingerprint density at radius 3 is 2.70 bits per heavy atom. The van der Waals surface area contributed by atoms with Crippen LogP contribution in [0.3, 0.4) is 0 Å². The second kappa shape index (κ2) is 7.34. The summed E-state index contributed by atoms with van der Waals surface area (Å²) in [5, 5.41) is 16.6. The maximum atomic E-state index is 11.6. The van der Waals surface area contributed by atoms with E-state index < -0.39 is 10.2 Å². The third-order valence-electron chi connectivity index (χ3n) is 2.46. The number of nitrogens with one attached hydrogen (secondary N) is 1. The molecule has 0 spiro atoms. The lowest BCUT2D eigenvalue weighted by molar-refractivity contribution is -0.390. The number of nitro groups is 1. The van der Waals surface area contributed by atoms with Gasteiger partial charge in [0.15, 0.2) is 0 Å². The van der Waals surface area contributed by atoms with Gasteiger partial charge in [0.25, 0.3) is 0 Å². The molecule has 0 bridgehead atoms. The van der Waals surface area contributed by atoms with Crippen LogP contribution in [0.5, 0.6) is 0 Å². The summed E-state index contributed by atoms with van der Waals surface area (Å²) in [6.07, 6.45) is 0.621. The Bertz CT molecular complexity index is 546. The predicted molar refractivity (Wildman–Crippen MR) is 74.4 cm³/mol. The zero-order chi connectivity index (χ0) is 15.3. The summed E-state index contributed by atoms with van der Waals surface area (Å²) in [6.45, 7) is 1.79. The first kappa shape index (κ1) is 16.6. The van der Waals surface area contributed by atoms with Crippen molar-refractivity contribution in [2.75, 3.05) is 6.54 Å². The number of carbonyl (C=O) groups is 2. The number of nitrogens with zero attached hydrogens (tertiary/aromatic N) is 3. The van der Waals surface area contributed by atoms with Crippen LogP contribution in [0.25, 0.3) is 0 Å². The minimum Gasteiger partial charge on any atom is -0.358 e. The lowest BCUT2D eigenvalue weighted by atomic mass is 10.3. The largest absolute Gasteiger partial charge is 0.404 e. The lowest BCUT2D eigenvalue weighted by Crippen LogP contribution is -2.29. The maximum absolute atomic E-state index is 11.6. The monoisotopic (exact) mass is 366 g/mol. The Morgan fingerprint density at radius 1 is 1.55 bits per heavy atom. The van der Waals surface area contributed by atoms with E-state index in [9.17, 15) is 19.7 Å². The number of hydrogen-bond donors (Lipinski definition) is 1. The molecule has 0 aromatic carbocycles. The van der Waals surface area contributed by atoms with Crippen LogP contribution in [0.1, 0.15) is 18.5 Å². The standard InChI is InChI=1S/C10H12BrClN4O4/c1-6-9(11)10(16(19)20)14-15(6)5-8(18)13-4-2-3-7(12)17/h2-5H2,1H3,(H,13,18). The minimum absolute atomic E-state index is 0.132. The van der Waals surface area contributed by atoms with E-state index in [4.69, 9.17) is 11.6 Å². The van der Waals surface area contributed by atoms with Crippen molar-refractivity contribution in [3.05, 3.63) is 20.3 Å². The van der Waals surface area contributed by atoms with Gasteiger partial charge in [0, 0.05) is 13.0 Å². The third kappa shape index (κ3) is 4.57. The summed E-state index contributed by atoms with van der Waals surface area (Å²) in [4.78, 5) is 32.2. The summed E-state index contributed by atoms with van der Waals surface area (Å²) < 4.78 is 1.49. The Morgan fingerprint density at radius 2 is 2.20 bits per heavy atom.